The Morgan fingerprint density at radius 3 is 2.62 bits per heavy atom. The fourth-order valence-electron chi connectivity index (χ4n) is 3.02. The maximum Gasteiger partial charge on any atom is 0.243 e. The Morgan fingerprint density at radius 1 is 1.33 bits per heavy atom. The molecule has 21 heavy (non-hydrogen) atoms. The van der Waals surface area contributed by atoms with Crippen molar-refractivity contribution in [2.75, 3.05) is 20.1 Å². The quantitative estimate of drug-likeness (QED) is 0.904. The molecular formula is C14H19FN2O3S. The van der Waals surface area contributed by atoms with Crippen LogP contribution in [0.4, 0.5) is 4.39 Å². The minimum atomic E-state index is -3.69. The predicted molar refractivity (Wildman–Crippen MR) is 75.8 cm³/mol. The molecule has 0 radical (unpaired) electrons. The molecule has 0 saturated carbocycles. The third kappa shape index (κ3) is 2.83. The summed E-state index contributed by atoms with van der Waals surface area (Å²) < 4.78 is 46.3. The van der Waals surface area contributed by atoms with Gasteiger partial charge in [0, 0.05) is 19.6 Å². The number of nitrogens with one attached hydrogen (secondary N) is 1. The van der Waals surface area contributed by atoms with Crippen LogP contribution < -0.4 is 5.32 Å². The van der Waals surface area contributed by atoms with Crippen molar-refractivity contribution in [3.05, 3.63) is 29.6 Å². The number of sulfonamides is 1. The van der Waals surface area contributed by atoms with Crippen molar-refractivity contribution >= 4 is 10.0 Å². The third-order valence-corrected chi connectivity index (χ3v) is 5.94. The topological polar surface area (TPSA) is 58.6 Å². The first-order chi connectivity index (χ1) is 10.0. The molecule has 0 spiro atoms. The summed E-state index contributed by atoms with van der Waals surface area (Å²) in [7, 11) is -1.96. The first-order valence-electron chi connectivity index (χ1n) is 7.09. The highest BCUT2D eigenvalue weighted by atomic mass is 32.2. The minimum Gasteiger partial charge on any atom is -0.372 e. The average Bonchev–Trinajstić information content (AvgIpc) is 2.79. The van der Waals surface area contributed by atoms with Crippen LogP contribution in [0.25, 0.3) is 0 Å². The van der Waals surface area contributed by atoms with E-state index < -0.39 is 15.8 Å². The molecule has 1 aromatic rings. The van der Waals surface area contributed by atoms with E-state index in [1.165, 1.54) is 16.4 Å². The van der Waals surface area contributed by atoms with Crippen molar-refractivity contribution < 1.29 is 17.5 Å². The van der Waals surface area contributed by atoms with Crippen molar-refractivity contribution in [1.29, 1.82) is 0 Å². The Kier molecular flexibility index (Phi) is 4.00. The number of hydrogen-bond acceptors (Lipinski definition) is 4. The van der Waals surface area contributed by atoms with E-state index >= 15 is 0 Å². The first-order valence-corrected chi connectivity index (χ1v) is 8.53. The van der Waals surface area contributed by atoms with Crippen molar-refractivity contribution in [2.45, 2.75) is 36.5 Å². The number of halogens is 1. The molecule has 7 heteroatoms. The summed E-state index contributed by atoms with van der Waals surface area (Å²) in [6.45, 7) is 1.09. The van der Waals surface area contributed by atoms with E-state index in [4.69, 9.17) is 4.74 Å². The van der Waals surface area contributed by atoms with Gasteiger partial charge in [0.1, 0.15) is 5.82 Å². The van der Waals surface area contributed by atoms with Gasteiger partial charge < -0.3 is 10.1 Å². The second-order valence-corrected chi connectivity index (χ2v) is 7.47. The number of hydrogen-bond donors (Lipinski definition) is 1. The largest absolute Gasteiger partial charge is 0.372 e. The van der Waals surface area contributed by atoms with Crippen molar-refractivity contribution in [2.24, 2.45) is 0 Å². The summed E-state index contributed by atoms with van der Waals surface area (Å²) in [5.74, 6) is -0.537. The number of fused-ring (bicyclic) bond motifs is 2. The van der Waals surface area contributed by atoms with E-state index in [0.29, 0.717) is 25.2 Å². The molecule has 2 aliphatic rings. The average molecular weight is 314 g/mol. The lowest BCUT2D eigenvalue weighted by molar-refractivity contribution is -0.0114. The van der Waals surface area contributed by atoms with E-state index in [1.807, 2.05) is 0 Å². The number of rotatable bonds is 4. The van der Waals surface area contributed by atoms with Crippen molar-refractivity contribution in [3.63, 3.8) is 0 Å². The van der Waals surface area contributed by atoms with E-state index in [-0.39, 0.29) is 17.1 Å². The molecule has 1 aromatic carbocycles. The molecule has 0 aliphatic carbocycles. The van der Waals surface area contributed by atoms with Gasteiger partial charge in [-0.15, -0.1) is 0 Å². The molecular weight excluding hydrogens is 295 g/mol. The first kappa shape index (κ1) is 14.9. The summed E-state index contributed by atoms with van der Waals surface area (Å²) in [6.07, 6.45) is 1.73. The van der Waals surface area contributed by atoms with Gasteiger partial charge in [-0.05, 0) is 37.6 Å². The number of benzene rings is 1. The monoisotopic (exact) mass is 314 g/mol. The summed E-state index contributed by atoms with van der Waals surface area (Å²) in [6, 6.07) is 3.92. The molecule has 116 valence electrons. The van der Waals surface area contributed by atoms with Gasteiger partial charge in [0.15, 0.2) is 0 Å². The van der Waals surface area contributed by atoms with Gasteiger partial charge in [0.05, 0.1) is 17.1 Å². The Morgan fingerprint density at radius 2 is 2.00 bits per heavy atom. The maximum absolute atomic E-state index is 13.5. The number of nitrogens with zero attached hydrogens (tertiary/aromatic N) is 1. The molecule has 2 atom stereocenters. The van der Waals surface area contributed by atoms with Crippen LogP contribution in [0.3, 0.4) is 0 Å². The summed E-state index contributed by atoms with van der Waals surface area (Å²) >= 11 is 0. The van der Waals surface area contributed by atoms with Gasteiger partial charge >= 0.3 is 0 Å². The van der Waals surface area contributed by atoms with E-state index in [9.17, 15) is 12.8 Å². The van der Waals surface area contributed by atoms with Crippen molar-refractivity contribution in [1.82, 2.24) is 9.62 Å². The van der Waals surface area contributed by atoms with Crippen LogP contribution in [0.1, 0.15) is 18.4 Å². The van der Waals surface area contributed by atoms with Gasteiger partial charge in [-0.25, -0.2) is 12.8 Å². The van der Waals surface area contributed by atoms with Crippen LogP contribution in [0.5, 0.6) is 0 Å². The van der Waals surface area contributed by atoms with Crippen molar-refractivity contribution in [3.8, 4) is 0 Å². The standard InChI is InChI=1S/C14H19FN2O3S/c1-16-7-10-2-3-11(15)6-14(10)21(18,19)17-8-12-4-5-13(9-17)20-12/h2-3,6,12-13,16H,4-5,7-9H2,1H3. The van der Waals surface area contributed by atoms with E-state index in [2.05, 4.69) is 5.32 Å². The highest BCUT2D eigenvalue weighted by Gasteiger charge is 2.40. The highest BCUT2D eigenvalue weighted by molar-refractivity contribution is 7.89. The van der Waals surface area contributed by atoms with Crippen LogP contribution in [-0.2, 0) is 21.3 Å². The van der Waals surface area contributed by atoms with Crippen LogP contribution in [0.15, 0.2) is 23.1 Å². The van der Waals surface area contributed by atoms with E-state index in [1.54, 1.807) is 7.05 Å². The SMILES string of the molecule is CNCc1ccc(F)cc1S(=O)(=O)N1CC2CCC(C1)O2. The summed E-state index contributed by atoms with van der Waals surface area (Å²) in [5.41, 5.74) is 0.581. The smallest absolute Gasteiger partial charge is 0.243 e. The molecule has 1 N–H and O–H groups in total. The van der Waals surface area contributed by atoms with Gasteiger partial charge in [-0.3, -0.25) is 0 Å². The molecule has 2 aliphatic heterocycles. The lowest BCUT2D eigenvalue weighted by Crippen LogP contribution is -2.46. The second kappa shape index (κ2) is 5.64. The maximum atomic E-state index is 13.5. The molecule has 2 fully saturated rings. The Bertz CT molecular complexity index is 623. The highest BCUT2D eigenvalue weighted by Crippen LogP contribution is 2.31. The molecule has 5 nitrogen and oxygen atoms in total. The molecule has 2 unspecified atom stereocenters. The van der Waals surface area contributed by atoms with Gasteiger partial charge in [0.2, 0.25) is 10.0 Å². The zero-order chi connectivity index (χ0) is 15.0. The molecule has 3 rings (SSSR count). The van der Waals surface area contributed by atoms with Crippen LogP contribution in [0, 0.1) is 5.82 Å². The lowest BCUT2D eigenvalue weighted by Gasteiger charge is -2.31. The van der Waals surface area contributed by atoms with Gasteiger partial charge in [-0.2, -0.15) is 4.31 Å². The van der Waals surface area contributed by atoms with E-state index in [0.717, 1.165) is 18.9 Å². The fourth-order valence-corrected chi connectivity index (χ4v) is 4.75. The minimum absolute atomic E-state index is 0.0279. The molecule has 2 heterocycles. The zero-order valence-electron chi connectivity index (χ0n) is 11.9. The van der Waals surface area contributed by atoms with Crippen LogP contribution in [0.2, 0.25) is 0 Å². The molecule has 0 aromatic heterocycles. The Hall–Kier alpha value is -1.02. The second-order valence-electron chi connectivity index (χ2n) is 5.56. The van der Waals surface area contributed by atoms with Crippen LogP contribution in [-0.4, -0.2) is 45.1 Å². The normalized spacial score (nSPS) is 26.2. The molecule has 2 bridgehead atoms. The molecule has 0 amide bonds. The number of morpholine rings is 1. The summed E-state index contributed by atoms with van der Waals surface area (Å²) in [4.78, 5) is 0.0538. The zero-order valence-corrected chi connectivity index (χ0v) is 12.7. The Balaban J connectivity index is 1.96. The third-order valence-electron chi connectivity index (χ3n) is 4.02. The Labute approximate surface area is 124 Å². The predicted octanol–water partition coefficient (Wildman–Crippen LogP) is 1.10. The lowest BCUT2D eigenvalue weighted by atomic mass is 10.2. The molecule has 2 saturated heterocycles. The van der Waals surface area contributed by atoms with Crippen LogP contribution >= 0.6 is 0 Å². The number of ether oxygens (including phenoxy) is 1. The summed E-state index contributed by atoms with van der Waals surface area (Å²) in [5, 5.41) is 2.92. The van der Waals surface area contributed by atoms with Gasteiger partial charge in [0.25, 0.3) is 0 Å². The fraction of sp³-hybridized carbons (Fsp3) is 0.571. The van der Waals surface area contributed by atoms with Gasteiger partial charge in [-0.1, -0.05) is 6.07 Å².